The van der Waals surface area contributed by atoms with E-state index in [0.29, 0.717) is 17.8 Å². The van der Waals surface area contributed by atoms with Crippen molar-refractivity contribution in [2.45, 2.75) is 176 Å². The van der Waals surface area contributed by atoms with Gasteiger partial charge in [0.1, 0.15) is 0 Å². The van der Waals surface area contributed by atoms with Gasteiger partial charge in [-0.25, -0.2) is 0 Å². The Balaban J connectivity index is 5.48. The highest BCUT2D eigenvalue weighted by Gasteiger charge is 2.35. The van der Waals surface area contributed by atoms with Gasteiger partial charge in [0.05, 0.1) is 19.8 Å². The van der Waals surface area contributed by atoms with E-state index in [1.165, 1.54) is 89.9 Å². The van der Waals surface area contributed by atoms with Gasteiger partial charge in [0.15, 0.2) is 0 Å². The van der Waals surface area contributed by atoms with E-state index in [9.17, 15) is 0 Å². The first-order valence-electron chi connectivity index (χ1n) is 17.0. The van der Waals surface area contributed by atoms with E-state index in [4.69, 9.17) is 25.8 Å². The molecule has 0 aliphatic rings. The van der Waals surface area contributed by atoms with Crippen LogP contribution >= 0.6 is 11.6 Å². The summed E-state index contributed by atoms with van der Waals surface area (Å²) in [5.74, 6) is 1.63. The van der Waals surface area contributed by atoms with Crippen molar-refractivity contribution in [3.63, 3.8) is 0 Å². The number of hydrogen-bond acceptors (Lipinski definition) is 3. The molecule has 0 saturated carbocycles. The molecular formula is C34H69ClO3. The Morgan fingerprint density at radius 2 is 0.816 bits per heavy atom. The fourth-order valence-electron chi connectivity index (χ4n) is 5.09. The second-order valence-corrected chi connectivity index (χ2v) is 12.2. The third-order valence-electron chi connectivity index (χ3n) is 8.36. The SMILES string of the molecule is CCCCC(CC)COC(CCCCCCCCCCl)(OCC(CC)CCCC)OCC(CC)CCCC. The smallest absolute Gasteiger partial charge is 0.282 e. The van der Waals surface area contributed by atoms with Gasteiger partial charge in [0.25, 0.3) is 5.97 Å². The molecule has 3 unspecified atom stereocenters. The maximum Gasteiger partial charge on any atom is 0.282 e. The molecule has 0 bridgehead atoms. The van der Waals surface area contributed by atoms with E-state index >= 15 is 0 Å². The Morgan fingerprint density at radius 1 is 0.474 bits per heavy atom. The van der Waals surface area contributed by atoms with E-state index < -0.39 is 5.97 Å². The van der Waals surface area contributed by atoms with Crippen molar-refractivity contribution in [2.24, 2.45) is 17.8 Å². The summed E-state index contributed by atoms with van der Waals surface area (Å²) in [5, 5.41) is 0. The second-order valence-electron chi connectivity index (χ2n) is 11.8. The van der Waals surface area contributed by atoms with Crippen LogP contribution in [-0.4, -0.2) is 31.7 Å². The Morgan fingerprint density at radius 3 is 1.13 bits per heavy atom. The standard InChI is InChI=1S/C34H69ClO3/c1-7-13-23-31(10-4)28-36-34(37-29-32(11-5)24-14-8-2,38-30-33(12-6)25-15-9-3)26-21-19-17-16-18-20-22-27-35/h31-33H,7-30H2,1-6H3. The first-order valence-corrected chi connectivity index (χ1v) is 17.6. The van der Waals surface area contributed by atoms with E-state index in [-0.39, 0.29) is 0 Å². The van der Waals surface area contributed by atoms with Crippen LogP contribution < -0.4 is 0 Å². The molecule has 230 valence electrons. The van der Waals surface area contributed by atoms with Crippen molar-refractivity contribution in [1.82, 2.24) is 0 Å². The molecule has 0 rings (SSSR count). The van der Waals surface area contributed by atoms with Crippen LogP contribution in [0.1, 0.15) is 170 Å². The molecule has 0 aromatic rings. The third kappa shape index (κ3) is 20.1. The van der Waals surface area contributed by atoms with Crippen molar-refractivity contribution >= 4 is 11.6 Å². The average molecular weight is 561 g/mol. The molecule has 0 fully saturated rings. The van der Waals surface area contributed by atoms with Gasteiger partial charge in [0, 0.05) is 12.3 Å². The van der Waals surface area contributed by atoms with Crippen LogP contribution in [0.2, 0.25) is 0 Å². The molecule has 0 radical (unpaired) electrons. The number of rotatable bonds is 30. The molecule has 0 aliphatic heterocycles. The van der Waals surface area contributed by atoms with Crippen molar-refractivity contribution < 1.29 is 14.2 Å². The fourth-order valence-corrected chi connectivity index (χ4v) is 5.28. The summed E-state index contributed by atoms with van der Waals surface area (Å²) in [6, 6.07) is 0. The van der Waals surface area contributed by atoms with Crippen molar-refractivity contribution in [2.75, 3.05) is 25.7 Å². The molecule has 0 amide bonds. The predicted molar refractivity (Wildman–Crippen MR) is 168 cm³/mol. The Labute approximate surface area is 244 Å². The largest absolute Gasteiger partial charge is 0.327 e. The van der Waals surface area contributed by atoms with Gasteiger partial charge in [-0.2, -0.15) is 0 Å². The highest BCUT2D eigenvalue weighted by atomic mass is 35.5. The Bertz CT molecular complexity index is 422. The third-order valence-corrected chi connectivity index (χ3v) is 8.63. The molecule has 0 aliphatic carbocycles. The number of halogens is 1. The molecular weight excluding hydrogens is 492 g/mol. The summed E-state index contributed by atoms with van der Waals surface area (Å²) in [5.41, 5.74) is 0. The van der Waals surface area contributed by atoms with E-state index in [2.05, 4.69) is 41.5 Å². The molecule has 38 heavy (non-hydrogen) atoms. The Kier molecular flexibility index (Phi) is 27.5. The Hall–Kier alpha value is 0.170. The monoisotopic (exact) mass is 560 g/mol. The van der Waals surface area contributed by atoms with Crippen LogP contribution in [0.15, 0.2) is 0 Å². The topological polar surface area (TPSA) is 27.7 Å². The van der Waals surface area contributed by atoms with E-state index in [1.54, 1.807) is 0 Å². The van der Waals surface area contributed by atoms with Crippen LogP contribution in [-0.2, 0) is 14.2 Å². The quantitative estimate of drug-likeness (QED) is 0.0496. The second kappa shape index (κ2) is 27.3. The van der Waals surface area contributed by atoms with Gasteiger partial charge in [-0.3, -0.25) is 0 Å². The first kappa shape index (κ1) is 38.2. The highest BCUT2D eigenvalue weighted by molar-refractivity contribution is 6.17. The highest BCUT2D eigenvalue weighted by Crippen LogP contribution is 2.30. The van der Waals surface area contributed by atoms with E-state index in [1.807, 2.05) is 0 Å². The zero-order chi connectivity index (χ0) is 28.3. The maximum absolute atomic E-state index is 6.78. The van der Waals surface area contributed by atoms with Crippen LogP contribution in [0.3, 0.4) is 0 Å². The van der Waals surface area contributed by atoms with Gasteiger partial charge in [0.2, 0.25) is 0 Å². The minimum Gasteiger partial charge on any atom is -0.327 e. The lowest BCUT2D eigenvalue weighted by atomic mass is 9.99. The molecule has 0 saturated heterocycles. The lowest BCUT2D eigenvalue weighted by Gasteiger charge is -2.37. The molecule has 0 aromatic carbocycles. The summed E-state index contributed by atoms with van der Waals surface area (Å²) in [6.45, 7) is 16.0. The first-order chi connectivity index (χ1) is 18.5. The summed E-state index contributed by atoms with van der Waals surface area (Å²) in [4.78, 5) is 0. The zero-order valence-corrected chi connectivity index (χ0v) is 27.6. The van der Waals surface area contributed by atoms with Crippen LogP contribution in [0, 0.1) is 17.8 Å². The summed E-state index contributed by atoms with van der Waals surface area (Å²) >= 11 is 5.84. The van der Waals surface area contributed by atoms with Crippen molar-refractivity contribution in [3.8, 4) is 0 Å². The van der Waals surface area contributed by atoms with Crippen molar-refractivity contribution in [1.29, 1.82) is 0 Å². The maximum atomic E-state index is 6.78. The molecule has 0 heterocycles. The normalized spacial score (nSPS) is 15.9. The molecule has 3 atom stereocenters. The molecule has 0 N–H and O–H groups in total. The summed E-state index contributed by atoms with van der Waals surface area (Å²) in [6.07, 6.45) is 24.1. The number of ether oxygens (including phenoxy) is 3. The van der Waals surface area contributed by atoms with Gasteiger partial charge in [-0.15, -0.1) is 11.6 Å². The van der Waals surface area contributed by atoms with E-state index in [0.717, 1.165) is 64.2 Å². The van der Waals surface area contributed by atoms with Gasteiger partial charge in [-0.05, 0) is 49.9 Å². The van der Waals surface area contributed by atoms with Gasteiger partial charge >= 0.3 is 0 Å². The van der Waals surface area contributed by atoms with Crippen LogP contribution in [0.25, 0.3) is 0 Å². The lowest BCUT2D eigenvalue weighted by molar-refractivity contribution is -0.392. The minimum absolute atomic E-state index is 0.576. The van der Waals surface area contributed by atoms with Crippen LogP contribution in [0.5, 0.6) is 0 Å². The van der Waals surface area contributed by atoms with Gasteiger partial charge in [-0.1, -0.05) is 131 Å². The molecule has 3 nitrogen and oxygen atoms in total. The molecule has 0 aromatic heterocycles. The number of unbranched alkanes of at least 4 members (excludes halogenated alkanes) is 9. The molecule has 4 heteroatoms. The molecule has 0 spiro atoms. The predicted octanol–water partition coefficient (Wildman–Crippen LogP) is 11.7. The zero-order valence-electron chi connectivity index (χ0n) is 26.8. The minimum atomic E-state index is -0.891. The number of alkyl halides is 1. The van der Waals surface area contributed by atoms with Crippen molar-refractivity contribution in [3.05, 3.63) is 0 Å². The van der Waals surface area contributed by atoms with Gasteiger partial charge < -0.3 is 14.2 Å². The summed E-state index contributed by atoms with van der Waals surface area (Å²) < 4.78 is 20.3. The fraction of sp³-hybridized carbons (Fsp3) is 1.00. The van der Waals surface area contributed by atoms with Crippen LogP contribution in [0.4, 0.5) is 0 Å². The average Bonchev–Trinajstić information content (AvgIpc) is 2.94. The summed E-state index contributed by atoms with van der Waals surface area (Å²) in [7, 11) is 0. The lowest BCUT2D eigenvalue weighted by Crippen LogP contribution is -2.43. The number of hydrogen-bond donors (Lipinski definition) is 0.